The van der Waals surface area contributed by atoms with Gasteiger partial charge >= 0.3 is 12.1 Å². The number of ether oxygens (including phenoxy) is 2. The zero-order valence-electron chi connectivity index (χ0n) is 13.2. The van der Waals surface area contributed by atoms with Crippen molar-refractivity contribution < 1.29 is 45.4 Å². The van der Waals surface area contributed by atoms with Crippen LogP contribution in [0.5, 0.6) is 0 Å². The molecule has 0 radical (unpaired) electrons. The number of alkyl carbamates (subject to hydrolysis) is 1. The van der Waals surface area contributed by atoms with Gasteiger partial charge < -0.3 is 9.47 Å². The number of rotatable bonds is 7. The SMILES string of the molecule is CCOC(=O)NC(=O)COC(=O)CNS(=O)(=O)c1ccc(F)c(F)c1F. The molecule has 0 unspecified atom stereocenters. The highest BCUT2D eigenvalue weighted by atomic mass is 32.2. The van der Waals surface area contributed by atoms with Gasteiger partial charge in [-0.2, -0.15) is 4.72 Å². The summed E-state index contributed by atoms with van der Waals surface area (Å²) in [7, 11) is -4.70. The summed E-state index contributed by atoms with van der Waals surface area (Å²) < 4.78 is 73.3. The Morgan fingerprint density at radius 1 is 1.08 bits per heavy atom. The fourth-order valence-corrected chi connectivity index (χ4v) is 2.50. The highest BCUT2D eigenvalue weighted by Gasteiger charge is 2.24. The molecule has 26 heavy (non-hydrogen) atoms. The number of esters is 1. The molecule has 0 saturated heterocycles. The third-order valence-electron chi connectivity index (χ3n) is 2.58. The van der Waals surface area contributed by atoms with Crippen LogP contribution in [-0.4, -0.2) is 46.1 Å². The van der Waals surface area contributed by atoms with Gasteiger partial charge in [-0.05, 0) is 19.1 Å². The maximum absolute atomic E-state index is 13.5. The van der Waals surface area contributed by atoms with E-state index in [0.29, 0.717) is 12.1 Å². The molecule has 0 atom stereocenters. The fourth-order valence-electron chi connectivity index (χ4n) is 1.46. The average Bonchev–Trinajstić information content (AvgIpc) is 2.56. The first-order chi connectivity index (χ1) is 12.1. The van der Waals surface area contributed by atoms with E-state index in [0.717, 1.165) is 0 Å². The van der Waals surface area contributed by atoms with E-state index in [-0.39, 0.29) is 6.61 Å². The van der Waals surface area contributed by atoms with Crippen LogP contribution in [0.1, 0.15) is 6.92 Å². The molecule has 0 aliphatic heterocycles. The summed E-state index contributed by atoms with van der Waals surface area (Å²) in [6.07, 6.45) is -1.07. The van der Waals surface area contributed by atoms with Crippen molar-refractivity contribution >= 4 is 28.0 Å². The molecule has 9 nitrogen and oxygen atoms in total. The molecule has 13 heteroatoms. The van der Waals surface area contributed by atoms with E-state index in [1.54, 1.807) is 10.0 Å². The van der Waals surface area contributed by atoms with Gasteiger partial charge in [0.25, 0.3) is 5.91 Å². The van der Waals surface area contributed by atoms with Crippen LogP contribution < -0.4 is 10.0 Å². The Kier molecular flexibility index (Phi) is 7.52. The van der Waals surface area contributed by atoms with Crippen molar-refractivity contribution in [2.24, 2.45) is 0 Å². The van der Waals surface area contributed by atoms with Gasteiger partial charge in [-0.15, -0.1) is 0 Å². The van der Waals surface area contributed by atoms with Crippen LogP contribution in [0, 0.1) is 17.5 Å². The number of halogens is 3. The van der Waals surface area contributed by atoms with E-state index in [9.17, 15) is 36.0 Å². The minimum absolute atomic E-state index is 0.00121. The molecule has 2 amide bonds. The Hall–Kier alpha value is -2.67. The third-order valence-corrected chi connectivity index (χ3v) is 4.00. The molecule has 1 aromatic carbocycles. The van der Waals surface area contributed by atoms with Crippen molar-refractivity contribution in [2.75, 3.05) is 19.8 Å². The lowest BCUT2D eigenvalue weighted by atomic mass is 10.3. The Bertz CT molecular complexity index is 814. The van der Waals surface area contributed by atoms with Crippen molar-refractivity contribution in [3.8, 4) is 0 Å². The molecule has 0 aromatic heterocycles. The van der Waals surface area contributed by atoms with Gasteiger partial charge in [0.1, 0.15) is 11.4 Å². The number of benzene rings is 1. The standard InChI is InChI=1S/C13H13F3N2O7S/c1-2-24-13(21)18-9(19)6-25-10(20)5-17-26(22,23)8-4-3-7(14)11(15)12(8)16/h3-4,17H,2,5-6H2,1H3,(H,18,19,21). The van der Waals surface area contributed by atoms with Crippen LogP contribution in [0.3, 0.4) is 0 Å². The van der Waals surface area contributed by atoms with E-state index >= 15 is 0 Å². The van der Waals surface area contributed by atoms with Crippen molar-refractivity contribution in [3.63, 3.8) is 0 Å². The summed E-state index contributed by atoms with van der Waals surface area (Å²) in [4.78, 5) is 32.3. The number of amides is 2. The first kappa shape index (κ1) is 21.4. The van der Waals surface area contributed by atoms with Crippen molar-refractivity contribution in [2.45, 2.75) is 11.8 Å². The van der Waals surface area contributed by atoms with Crippen LogP contribution in [0.15, 0.2) is 17.0 Å². The summed E-state index contributed by atoms with van der Waals surface area (Å²) in [5, 5.41) is 1.71. The number of sulfonamides is 1. The molecule has 0 spiro atoms. The van der Waals surface area contributed by atoms with Crippen LogP contribution in [-0.2, 0) is 29.1 Å². The molecule has 0 aliphatic rings. The fraction of sp³-hybridized carbons (Fsp3) is 0.308. The molecule has 2 N–H and O–H groups in total. The lowest BCUT2D eigenvalue weighted by Crippen LogP contribution is -2.36. The van der Waals surface area contributed by atoms with Crippen molar-refractivity contribution in [1.29, 1.82) is 0 Å². The number of hydrogen-bond acceptors (Lipinski definition) is 7. The van der Waals surface area contributed by atoms with E-state index in [1.165, 1.54) is 6.92 Å². The summed E-state index contributed by atoms with van der Waals surface area (Å²) >= 11 is 0. The summed E-state index contributed by atoms with van der Waals surface area (Å²) in [6.45, 7) is -0.459. The third kappa shape index (κ3) is 6.00. The first-order valence-corrected chi connectivity index (χ1v) is 8.32. The molecule has 0 saturated carbocycles. The maximum atomic E-state index is 13.5. The number of carbonyl (C=O) groups is 3. The highest BCUT2D eigenvalue weighted by Crippen LogP contribution is 2.19. The average molecular weight is 398 g/mol. The van der Waals surface area contributed by atoms with Gasteiger partial charge in [-0.1, -0.05) is 0 Å². The van der Waals surface area contributed by atoms with Crippen molar-refractivity contribution in [3.05, 3.63) is 29.6 Å². The predicted octanol–water partition coefficient (Wildman–Crippen LogP) is 0.198. The Morgan fingerprint density at radius 3 is 2.35 bits per heavy atom. The zero-order chi connectivity index (χ0) is 19.9. The monoisotopic (exact) mass is 398 g/mol. The molecule has 0 heterocycles. The summed E-state index contributed by atoms with van der Waals surface area (Å²) in [6, 6.07) is 0.860. The Labute approximate surface area is 145 Å². The Balaban J connectivity index is 2.58. The normalized spacial score (nSPS) is 10.9. The predicted molar refractivity (Wildman–Crippen MR) is 77.6 cm³/mol. The lowest BCUT2D eigenvalue weighted by Gasteiger charge is -2.09. The molecule has 1 aromatic rings. The zero-order valence-corrected chi connectivity index (χ0v) is 14.0. The number of nitrogens with one attached hydrogen (secondary N) is 2. The van der Waals surface area contributed by atoms with Gasteiger partial charge in [-0.3, -0.25) is 14.9 Å². The van der Waals surface area contributed by atoms with E-state index < -0.39 is 63.5 Å². The van der Waals surface area contributed by atoms with Gasteiger partial charge in [0.15, 0.2) is 24.1 Å². The van der Waals surface area contributed by atoms with Gasteiger partial charge in [0.2, 0.25) is 10.0 Å². The number of imide groups is 1. The first-order valence-electron chi connectivity index (χ1n) is 6.83. The molecule has 1 rings (SSSR count). The van der Waals surface area contributed by atoms with Crippen LogP contribution >= 0.6 is 0 Å². The topological polar surface area (TPSA) is 128 Å². The number of carbonyl (C=O) groups excluding carboxylic acids is 3. The van der Waals surface area contributed by atoms with Crippen molar-refractivity contribution in [1.82, 2.24) is 10.0 Å². The highest BCUT2D eigenvalue weighted by molar-refractivity contribution is 7.89. The lowest BCUT2D eigenvalue weighted by molar-refractivity contribution is -0.147. The van der Waals surface area contributed by atoms with E-state index in [1.807, 2.05) is 0 Å². The molecule has 0 fully saturated rings. The minimum atomic E-state index is -4.70. The number of hydrogen-bond donors (Lipinski definition) is 2. The van der Waals surface area contributed by atoms with Gasteiger partial charge in [0, 0.05) is 0 Å². The van der Waals surface area contributed by atoms with Crippen LogP contribution in [0.2, 0.25) is 0 Å². The van der Waals surface area contributed by atoms with Crippen LogP contribution in [0.25, 0.3) is 0 Å². The second-order valence-electron chi connectivity index (χ2n) is 4.43. The van der Waals surface area contributed by atoms with Crippen LogP contribution in [0.4, 0.5) is 18.0 Å². The largest absolute Gasteiger partial charge is 0.455 e. The molecule has 144 valence electrons. The quantitative estimate of drug-likeness (QED) is 0.496. The van der Waals surface area contributed by atoms with E-state index in [4.69, 9.17) is 0 Å². The second-order valence-corrected chi connectivity index (χ2v) is 6.16. The van der Waals surface area contributed by atoms with Gasteiger partial charge in [0.05, 0.1) is 6.61 Å². The second kappa shape index (κ2) is 9.15. The molecular weight excluding hydrogens is 385 g/mol. The maximum Gasteiger partial charge on any atom is 0.413 e. The summed E-state index contributed by atoms with van der Waals surface area (Å²) in [5.41, 5.74) is 0. The Morgan fingerprint density at radius 2 is 1.73 bits per heavy atom. The molecule has 0 bridgehead atoms. The van der Waals surface area contributed by atoms with E-state index in [2.05, 4.69) is 9.47 Å². The summed E-state index contributed by atoms with van der Waals surface area (Å²) in [5.74, 6) is -7.83. The minimum Gasteiger partial charge on any atom is -0.455 e. The molecule has 0 aliphatic carbocycles. The van der Waals surface area contributed by atoms with Gasteiger partial charge in [-0.25, -0.2) is 26.4 Å². The molecular formula is C13H13F3N2O7S. The smallest absolute Gasteiger partial charge is 0.413 e.